The number of hydrogen-bond acceptors (Lipinski definition) is 2. The van der Waals surface area contributed by atoms with Crippen LogP contribution in [0.2, 0.25) is 0 Å². The number of hydrogen-bond donors (Lipinski definition) is 1. The van der Waals surface area contributed by atoms with E-state index in [2.05, 4.69) is 17.2 Å². The fourth-order valence-electron chi connectivity index (χ4n) is 2.72. The molecule has 4 nitrogen and oxygen atoms in total. The summed E-state index contributed by atoms with van der Waals surface area (Å²) in [6.45, 7) is 4.05. The molecule has 0 aliphatic carbocycles. The van der Waals surface area contributed by atoms with Crippen LogP contribution in [0.3, 0.4) is 0 Å². The summed E-state index contributed by atoms with van der Waals surface area (Å²) in [6.07, 6.45) is 3.80. The molecule has 0 radical (unpaired) electrons. The van der Waals surface area contributed by atoms with Crippen molar-refractivity contribution in [1.82, 2.24) is 9.38 Å². The van der Waals surface area contributed by atoms with Crippen molar-refractivity contribution in [2.24, 2.45) is 5.92 Å². The molecule has 1 unspecified atom stereocenters. The van der Waals surface area contributed by atoms with E-state index in [1.54, 1.807) is 0 Å². The summed E-state index contributed by atoms with van der Waals surface area (Å²) < 4.78 is 1.93. The predicted octanol–water partition coefficient (Wildman–Crippen LogP) is 4.38. The lowest BCUT2D eigenvalue weighted by Gasteiger charge is -2.12. The Kier molecular flexibility index (Phi) is 4.42. The van der Waals surface area contributed by atoms with E-state index in [1.807, 2.05) is 66.1 Å². The number of carbonyl (C=O) groups excluding carboxylic acids is 1. The summed E-state index contributed by atoms with van der Waals surface area (Å²) in [5.41, 5.74) is 2.62. The maximum absolute atomic E-state index is 12.5. The molecule has 4 heteroatoms. The number of carbonyl (C=O) groups is 1. The fourth-order valence-corrected chi connectivity index (χ4v) is 2.72. The van der Waals surface area contributed by atoms with Gasteiger partial charge in [0.1, 0.15) is 17.2 Å². The number of nitrogens with zero attached hydrogens (tertiary/aromatic N) is 2. The van der Waals surface area contributed by atoms with Gasteiger partial charge in [0.25, 0.3) is 0 Å². The van der Waals surface area contributed by atoms with E-state index in [0.29, 0.717) is 0 Å². The normalized spacial score (nSPS) is 12.3. The summed E-state index contributed by atoms with van der Waals surface area (Å²) in [6, 6.07) is 15.8. The zero-order valence-corrected chi connectivity index (χ0v) is 13.5. The second-order valence-corrected chi connectivity index (χ2v) is 5.78. The van der Waals surface area contributed by atoms with E-state index in [0.717, 1.165) is 35.6 Å². The molecule has 3 rings (SSSR count). The van der Waals surface area contributed by atoms with Gasteiger partial charge in [0, 0.05) is 17.7 Å². The standard InChI is InChI=1S/C19H21N3O/c1-3-9-14(2)19(23)21-18-17(15-10-5-4-6-11-15)20-16-12-7-8-13-22(16)18/h4-8,10-14H,3,9H2,1-2H3,(H,21,23). The summed E-state index contributed by atoms with van der Waals surface area (Å²) in [5, 5.41) is 3.08. The van der Waals surface area contributed by atoms with Gasteiger partial charge >= 0.3 is 0 Å². The molecule has 2 aromatic heterocycles. The molecule has 0 fully saturated rings. The first-order valence-electron chi connectivity index (χ1n) is 8.04. The van der Waals surface area contributed by atoms with Crippen LogP contribution in [0, 0.1) is 5.92 Å². The lowest BCUT2D eigenvalue weighted by molar-refractivity contribution is -0.119. The van der Waals surface area contributed by atoms with Gasteiger partial charge in [-0.25, -0.2) is 4.98 Å². The molecule has 1 atom stereocenters. The quantitative estimate of drug-likeness (QED) is 0.760. The van der Waals surface area contributed by atoms with E-state index in [9.17, 15) is 4.79 Å². The van der Waals surface area contributed by atoms with E-state index in [4.69, 9.17) is 0 Å². The number of aromatic nitrogens is 2. The van der Waals surface area contributed by atoms with E-state index < -0.39 is 0 Å². The highest BCUT2D eigenvalue weighted by molar-refractivity contribution is 5.95. The molecule has 1 aromatic carbocycles. The Labute approximate surface area is 136 Å². The van der Waals surface area contributed by atoms with Crippen molar-refractivity contribution in [3.05, 3.63) is 54.7 Å². The lowest BCUT2D eigenvalue weighted by Crippen LogP contribution is -2.21. The zero-order valence-electron chi connectivity index (χ0n) is 13.5. The van der Waals surface area contributed by atoms with E-state index in [1.165, 1.54) is 0 Å². The lowest BCUT2D eigenvalue weighted by atomic mass is 10.1. The zero-order chi connectivity index (χ0) is 16.2. The Balaban J connectivity index is 2.05. The van der Waals surface area contributed by atoms with Crippen molar-refractivity contribution >= 4 is 17.4 Å². The molecule has 1 N–H and O–H groups in total. The third-order valence-corrected chi connectivity index (χ3v) is 3.99. The minimum atomic E-state index is -0.0158. The molecule has 23 heavy (non-hydrogen) atoms. The average Bonchev–Trinajstić information content (AvgIpc) is 2.94. The molecule has 0 bridgehead atoms. The molecule has 1 amide bonds. The van der Waals surface area contributed by atoms with E-state index >= 15 is 0 Å². The monoisotopic (exact) mass is 307 g/mol. The number of rotatable bonds is 5. The molecule has 0 spiro atoms. The second kappa shape index (κ2) is 6.65. The molecule has 0 saturated carbocycles. The van der Waals surface area contributed by atoms with Crippen LogP contribution < -0.4 is 5.32 Å². The maximum atomic E-state index is 12.5. The SMILES string of the molecule is CCCC(C)C(=O)Nc1c(-c2ccccc2)nc2ccccn12. The Bertz CT molecular complexity index is 808. The number of anilines is 1. The maximum Gasteiger partial charge on any atom is 0.228 e. The van der Waals surface area contributed by atoms with Crippen LogP contribution in [0.25, 0.3) is 16.9 Å². The molecular formula is C19H21N3O. The highest BCUT2D eigenvalue weighted by Gasteiger charge is 2.19. The summed E-state index contributed by atoms with van der Waals surface area (Å²) >= 11 is 0. The third kappa shape index (κ3) is 3.11. The molecule has 3 aromatic rings. The average molecular weight is 307 g/mol. The summed E-state index contributed by atoms with van der Waals surface area (Å²) in [4.78, 5) is 17.2. The first-order chi connectivity index (χ1) is 11.2. The number of fused-ring (bicyclic) bond motifs is 1. The largest absolute Gasteiger partial charge is 0.310 e. The van der Waals surface area contributed by atoms with Gasteiger partial charge in [-0.1, -0.05) is 56.7 Å². The molecule has 0 saturated heterocycles. The second-order valence-electron chi connectivity index (χ2n) is 5.78. The molecular weight excluding hydrogens is 286 g/mol. The first-order valence-corrected chi connectivity index (χ1v) is 8.04. The highest BCUT2D eigenvalue weighted by atomic mass is 16.1. The molecule has 0 aliphatic heterocycles. The Morgan fingerprint density at radius 3 is 2.65 bits per heavy atom. The van der Waals surface area contributed by atoms with Crippen molar-refractivity contribution in [3.8, 4) is 11.3 Å². The summed E-state index contributed by atoms with van der Waals surface area (Å²) in [5.74, 6) is 0.757. The van der Waals surface area contributed by atoms with Gasteiger partial charge in [-0.15, -0.1) is 0 Å². The minimum absolute atomic E-state index is 0.0158. The van der Waals surface area contributed by atoms with Crippen LogP contribution >= 0.6 is 0 Å². The van der Waals surface area contributed by atoms with Crippen LogP contribution in [0.15, 0.2) is 54.7 Å². The number of amides is 1. The number of pyridine rings is 1. The Morgan fingerprint density at radius 1 is 1.17 bits per heavy atom. The van der Waals surface area contributed by atoms with Crippen LogP contribution in [0.4, 0.5) is 5.82 Å². The van der Waals surface area contributed by atoms with Gasteiger partial charge in [-0.05, 0) is 18.6 Å². The van der Waals surface area contributed by atoms with Crippen LogP contribution in [-0.4, -0.2) is 15.3 Å². The van der Waals surface area contributed by atoms with Gasteiger partial charge in [0.2, 0.25) is 5.91 Å². The van der Waals surface area contributed by atoms with Crippen molar-refractivity contribution in [2.45, 2.75) is 26.7 Å². The number of benzene rings is 1. The van der Waals surface area contributed by atoms with Gasteiger partial charge in [-0.3, -0.25) is 9.20 Å². The third-order valence-electron chi connectivity index (χ3n) is 3.99. The van der Waals surface area contributed by atoms with Crippen LogP contribution in [-0.2, 0) is 4.79 Å². The first kappa shape index (κ1) is 15.3. The van der Waals surface area contributed by atoms with E-state index in [-0.39, 0.29) is 11.8 Å². The molecule has 0 aliphatic rings. The van der Waals surface area contributed by atoms with Crippen molar-refractivity contribution in [1.29, 1.82) is 0 Å². The van der Waals surface area contributed by atoms with Gasteiger partial charge in [-0.2, -0.15) is 0 Å². The fraction of sp³-hybridized carbons (Fsp3) is 0.263. The smallest absolute Gasteiger partial charge is 0.228 e. The van der Waals surface area contributed by atoms with Gasteiger partial charge < -0.3 is 5.32 Å². The van der Waals surface area contributed by atoms with Crippen LogP contribution in [0.1, 0.15) is 26.7 Å². The topological polar surface area (TPSA) is 46.4 Å². The number of imidazole rings is 1. The molecule has 2 heterocycles. The van der Waals surface area contributed by atoms with Crippen molar-refractivity contribution in [3.63, 3.8) is 0 Å². The Morgan fingerprint density at radius 2 is 1.91 bits per heavy atom. The van der Waals surface area contributed by atoms with Gasteiger partial charge in [0.15, 0.2) is 0 Å². The number of nitrogens with one attached hydrogen (secondary N) is 1. The predicted molar refractivity (Wildman–Crippen MR) is 93.3 cm³/mol. The van der Waals surface area contributed by atoms with Crippen molar-refractivity contribution in [2.75, 3.05) is 5.32 Å². The summed E-state index contributed by atoms with van der Waals surface area (Å²) in [7, 11) is 0. The van der Waals surface area contributed by atoms with Gasteiger partial charge in [0.05, 0.1) is 0 Å². The van der Waals surface area contributed by atoms with Crippen LogP contribution in [0.5, 0.6) is 0 Å². The minimum Gasteiger partial charge on any atom is -0.310 e. The molecule has 118 valence electrons. The highest BCUT2D eigenvalue weighted by Crippen LogP contribution is 2.29. The Hall–Kier alpha value is -2.62. The van der Waals surface area contributed by atoms with Crippen molar-refractivity contribution < 1.29 is 4.79 Å².